The van der Waals surface area contributed by atoms with E-state index in [4.69, 9.17) is 13.9 Å². The van der Waals surface area contributed by atoms with Crippen molar-refractivity contribution < 1.29 is 18.7 Å². The quantitative estimate of drug-likeness (QED) is 0.669. The van der Waals surface area contributed by atoms with Gasteiger partial charge in [0.05, 0.1) is 6.61 Å². The number of hydrogen-bond donors (Lipinski definition) is 1. The van der Waals surface area contributed by atoms with Gasteiger partial charge in [-0.2, -0.15) is 0 Å². The van der Waals surface area contributed by atoms with Gasteiger partial charge >= 0.3 is 5.63 Å². The first kappa shape index (κ1) is 20.7. The largest absolute Gasteiger partial charge is 0.491 e. The second-order valence-electron chi connectivity index (χ2n) is 6.51. The number of aryl methyl sites for hydroxylation is 1. The van der Waals surface area contributed by atoms with Crippen LogP contribution in [0.15, 0.2) is 39.5 Å². The topological polar surface area (TPSA) is 77.8 Å². The number of hydrogen-bond acceptors (Lipinski definition) is 5. The van der Waals surface area contributed by atoms with Gasteiger partial charge in [0.25, 0.3) is 5.91 Å². The van der Waals surface area contributed by atoms with Gasteiger partial charge < -0.3 is 19.2 Å². The van der Waals surface area contributed by atoms with Gasteiger partial charge in [0.2, 0.25) is 0 Å². The number of methoxy groups -OCH3 is 1. The van der Waals surface area contributed by atoms with E-state index in [1.807, 2.05) is 6.92 Å². The van der Waals surface area contributed by atoms with Gasteiger partial charge in [-0.15, -0.1) is 0 Å². The lowest BCUT2D eigenvalue weighted by molar-refractivity contribution is 0.102. The van der Waals surface area contributed by atoms with Crippen LogP contribution in [0.5, 0.6) is 5.75 Å². The normalized spacial score (nSPS) is 11.9. The predicted octanol–water partition coefficient (Wildman–Crippen LogP) is 4.13. The van der Waals surface area contributed by atoms with Crippen LogP contribution in [0, 0.1) is 6.92 Å². The van der Waals surface area contributed by atoms with Crippen LogP contribution in [0.4, 0.5) is 5.69 Å². The summed E-state index contributed by atoms with van der Waals surface area (Å²) >= 11 is 0. The molecule has 0 radical (unpaired) electrons. The third-order valence-corrected chi connectivity index (χ3v) is 4.25. The molecule has 0 aliphatic rings. The van der Waals surface area contributed by atoms with Crippen LogP contribution >= 0.6 is 0 Å². The number of carbonyl (C=O) groups is 1. The summed E-state index contributed by atoms with van der Waals surface area (Å²) in [5.41, 5.74) is 0.553. The maximum absolute atomic E-state index is 12.6. The Morgan fingerprint density at radius 2 is 2.04 bits per heavy atom. The standard InChI is InChI=1S/C21H27NO5/c1-5-7-14(2)18-12-15(3)19(21(24)27-18)20(23)22-16-8-6-9-17(13-16)26-11-10-25-4/h6,8-9,12-14H,5,7,10-11H2,1-4H3,(H,22,23). The summed E-state index contributed by atoms with van der Waals surface area (Å²) in [6.45, 7) is 6.72. The molecule has 0 aliphatic heterocycles. The van der Waals surface area contributed by atoms with Gasteiger partial charge in [-0.1, -0.05) is 26.3 Å². The van der Waals surface area contributed by atoms with Gasteiger partial charge in [-0.05, 0) is 37.1 Å². The van der Waals surface area contributed by atoms with E-state index in [1.165, 1.54) is 0 Å². The van der Waals surface area contributed by atoms with Crippen LogP contribution in [0.1, 0.15) is 54.3 Å². The Bertz CT molecular complexity index is 828. The predicted molar refractivity (Wildman–Crippen MR) is 105 cm³/mol. The molecule has 0 saturated carbocycles. The minimum absolute atomic E-state index is 0.0214. The van der Waals surface area contributed by atoms with Gasteiger partial charge in [-0.25, -0.2) is 4.79 Å². The lowest BCUT2D eigenvalue weighted by atomic mass is 10.0. The summed E-state index contributed by atoms with van der Waals surface area (Å²) in [7, 11) is 1.60. The Kier molecular flexibility index (Phi) is 7.61. The van der Waals surface area contributed by atoms with Crippen molar-refractivity contribution in [3.8, 4) is 5.75 Å². The molecule has 1 aromatic carbocycles. The third-order valence-electron chi connectivity index (χ3n) is 4.25. The smallest absolute Gasteiger partial charge is 0.349 e. The molecule has 0 bridgehead atoms. The Hall–Kier alpha value is -2.60. The molecule has 6 heteroatoms. The molecule has 1 amide bonds. The molecule has 1 N–H and O–H groups in total. The van der Waals surface area contributed by atoms with Crippen LogP contribution in [-0.2, 0) is 4.74 Å². The summed E-state index contributed by atoms with van der Waals surface area (Å²) in [4.78, 5) is 25.0. The second kappa shape index (κ2) is 9.92. The van der Waals surface area contributed by atoms with Crippen LogP contribution in [0.25, 0.3) is 0 Å². The highest BCUT2D eigenvalue weighted by atomic mass is 16.5. The van der Waals surface area contributed by atoms with Crippen molar-refractivity contribution in [2.24, 2.45) is 0 Å². The van der Waals surface area contributed by atoms with E-state index in [-0.39, 0.29) is 11.5 Å². The van der Waals surface area contributed by atoms with Crippen LogP contribution in [-0.4, -0.2) is 26.2 Å². The number of nitrogens with one attached hydrogen (secondary N) is 1. The Labute approximate surface area is 159 Å². The molecule has 1 heterocycles. The molecule has 27 heavy (non-hydrogen) atoms. The molecule has 0 spiro atoms. The number of anilines is 1. The fraction of sp³-hybridized carbons (Fsp3) is 0.429. The molecular formula is C21H27NO5. The van der Waals surface area contributed by atoms with Crippen LogP contribution < -0.4 is 15.7 Å². The minimum Gasteiger partial charge on any atom is -0.491 e. The fourth-order valence-electron chi connectivity index (χ4n) is 2.82. The van der Waals surface area contributed by atoms with Crippen LogP contribution in [0.2, 0.25) is 0 Å². The number of carbonyl (C=O) groups excluding carboxylic acids is 1. The minimum atomic E-state index is -0.613. The molecule has 0 saturated heterocycles. The SMILES string of the molecule is CCCC(C)c1cc(C)c(C(=O)Nc2cccc(OCCOC)c2)c(=O)o1. The third kappa shape index (κ3) is 5.69. The average Bonchev–Trinajstić information content (AvgIpc) is 2.62. The van der Waals surface area contributed by atoms with Gasteiger partial charge in [0, 0.05) is 24.8 Å². The molecule has 1 atom stereocenters. The molecule has 1 aromatic heterocycles. The van der Waals surface area contributed by atoms with Crippen molar-refractivity contribution in [1.82, 2.24) is 0 Å². The Morgan fingerprint density at radius 1 is 1.26 bits per heavy atom. The molecule has 0 fully saturated rings. The summed E-state index contributed by atoms with van der Waals surface area (Å²) < 4.78 is 15.9. The lowest BCUT2D eigenvalue weighted by Gasteiger charge is -2.12. The number of amides is 1. The number of rotatable bonds is 9. The van der Waals surface area contributed by atoms with E-state index in [0.29, 0.717) is 36.0 Å². The van der Waals surface area contributed by atoms with Crippen molar-refractivity contribution in [2.45, 2.75) is 39.5 Å². The van der Waals surface area contributed by atoms with Gasteiger partial charge in [-0.3, -0.25) is 4.79 Å². The molecule has 2 aromatic rings. The average molecular weight is 373 g/mol. The summed E-state index contributed by atoms with van der Waals surface area (Å²) in [6.07, 6.45) is 1.92. The van der Waals surface area contributed by atoms with E-state index in [9.17, 15) is 9.59 Å². The molecule has 146 valence electrons. The zero-order valence-corrected chi connectivity index (χ0v) is 16.3. The molecular weight excluding hydrogens is 346 g/mol. The van der Waals surface area contributed by atoms with E-state index >= 15 is 0 Å². The van der Waals surface area contributed by atoms with E-state index < -0.39 is 11.5 Å². The highest BCUT2D eigenvalue weighted by molar-refractivity contribution is 6.04. The first-order valence-corrected chi connectivity index (χ1v) is 9.14. The van der Waals surface area contributed by atoms with Crippen LogP contribution in [0.3, 0.4) is 0 Å². The molecule has 2 rings (SSSR count). The molecule has 1 unspecified atom stereocenters. The maximum atomic E-state index is 12.6. The van der Waals surface area contributed by atoms with Crippen molar-refractivity contribution in [3.63, 3.8) is 0 Å². The van der Waals surface area contributed by atoms with Crippen molar-refractivity contribution in [3.05, 3.63) is 57.6 Å². The monoisotopic (exact) mass is 373 g/mol. The number of benzene rings is 1. The van der Waals surface area contributed by atoms with E-state index in [2.05, 4.69) is 12.2 Å². The fourth-order valence-corrected chi connectivity index (χ4v) is 2.82. The Morgan fingerprint density at radius 3 is 2.70 bits per heavy atom. The highest BCUT2D eigenvalue weighted by Gasteiger charge is 2.19. The van der Waals surface area contributed by atoms with Gasteiger partial charge in [0.15, 0.2) is 0 Å². The maximum Gasteiger partial charge on any atom is 0.349 e. The molecule has 0 aliphatic carbocycles. The summed E-state index contributed by atoms with van der Waals surface area (Å²) in [5.74, 6) is 0.867. The summed E-state index contributed by atoms with van der Waals surface area (Å²) in [5, 5.41) is 2.73. The highest BCUT2D eigenvalue weighted by Crippen LogP contribution is 2.22. The zero-order valence-electron chi connectivity index (χ0n) is 16.3. The first-order valence-electron chi connectivity index (χ1n) is 9.14. The van der Waals surface area contributed by atoms with Crippen molar-refractivity contribution in [1.29, 1.82) is 0 Å². The number of ether oxygens (including phenoxy) is 2. The Balaban J connectivity index is 2.16. The zero-order chi connectivity index (χ0) is 19.8. The van der Waals surface area contributed by atoms with E-state index in [1.54, 1.807) is 44.4 Å². The van der Waals surface area contributed by atoms with Gasteiger partial charge in [0.1, 0.15) is 23.7 Å². The first-order chi connectivity index (χ1) is 13.0. The lowest BCUT2D eigenvalue weighted by Crippen LogP contribution is -2.23. The summed E-state index contributed by atoms with van der Waals surface area (Å²) in [6, 6.07) is 8.76. The van der Waals surface area contributed by atoms with Crippen molar-refractivity contribution in [2.75, 3.05) is 25.6 Å². The second-order valence-corrected chi connectivity index (χ2v) is 6.51. The van der Waals surface area contributed by atoms with Crippen molar-refractivity contribution >= 4 is 11.6 Å². The van der Waals surface area contributed by atoms with E-state index in [0.717, 1.165) is 12.8 Å². The molecule has 6 nitrogen and oxygen atoms in total.